The number of nitro groups is 1. The predicted octanol–water partition coefficient (Wildman–Crippen LogP) is 2.95. The molecule has 1 heterocycles. The number of benzene rings is 1. The van der Waals surface area contributed by atoms with E-state index in [2.05, 4.69) is 15.9 Å². The molecule has 1 saturated heterocycles. The highest BCUT2D eigenvalue weighted by Gasteiger charge is 2.34. The third-order valence-corrected chi connectivity index (χ3v) is 3.94. The monoisotopic (exact) mass is 332 g/mol. The Hall–Kier alpha value is -1.14. The van der Waals surface area contributed by atoms with Gasteiger partial charge in [-0.2, -0.15) is 0 Å². The molecule has 5 nitrogen and oxygen atoms in total. The van der Waals surface area contributed by atoms with Gasteiger partial charge >= 0.3 is 5.69 Å². The molecule has 0 saturated carbocycles. The van der Waals surface area contributed by atoms with E-state index in [1.54, 1.807) is 18.2 Å². The van der Waals surface area contributed by atoms with E-state index in [9.17, 15) is 14.9 Å². The summed E-state index contributed by atoms with van der Waals surface area (Å²) >= 11 is 8.88. The van der Waals surface area contributed by atoms with Gasteiger partial charge in [0.15, 0.2) is 0 Å². The summed E-state index contributed by atoms with van der Waals surface area (Å²) in [6.07, 6.45) is 0.340. The summed E-state index contributed by atoms with van der Waals surface area (Å²) in [7, 11) is 0. The molecule has 0 aliphatic carbocycles. The Bertz CT molecular complexity index is 509. The quantitative estimate of drug-likeness (QED) is 0.485. The Morgan fingerprint density at radius 2 is 2.28 bits per heavy atom. The highest BCUT2D eigenvalue weighted by atomic mass is 79.9. The highest BCUT2D eigenvalue weighted by molar-refractivity contribution is 9.10. The van der Waals surface area contributed by atoms with Gasteiger partial charge in [-0.15, -0.1) is 11.6 Å². The molecule has 1 fully saturated rings. The van der Waals surface area contributed by atoms with Crippen LogP contribution in [0.15, 0.2) is 22.7 Å². The van der Waals surface area contributed by atoms with Gasteiger partial charge in [-0.25, -0.2) is 0 Å². The van der Waals surface area contributed by atoms with E-state index in [1.165, 1.54) is 4.90 Å². The van der Waals surface area contributed by atoms with E-state index in [-0.39, 0.29) is 17.5 Å². The second-order valence-corrected chi connectivity index (χ2v) is 5.26. The Balaban J connectivity index is 2.43. The lowest BCUT2D eigenvalue weighted by Gasteiger charge is -2.16. The van der Waals surface area contributed by atoms with Crippen molar-refractivity contribution in [2.24, 2.45) is 5.92 Å². The van der Waals surface area contributed by atoms with Crippen LogP contribution in [0.2, 0.25) is 0 Å². The minimum Gasteiger partial charge on any atom is -0.306 e. The van der Waals surface area contributed by atoms with Crippen molar-refractivity contribution in [3.8, 4) is 0 Å². The van der Waals surface area contributed by atoms with Gasteiger partial charge in [-0.05, 0) is 34.0 Å². The number of hydrogen-bond donors (Lipinski definition) is 0. The number of nitrogens with zero attached hydrogens (tertiary/aromatic N) is 2. The van der Waals surface area contributed by atoms with Crippen LogP contribution in [0.4, 0.5) is 11.4 Å². The number of hydrogen-bond acceptors (Lipinski definition) is 3. The van der Waals surface area contributed by atoms with Crippen LogP contribution in [-0.2, 0) is 4.79 Å². The van der Waals surface area contributed by atoms with Crippen LogP contribution in [0.3, 0.4) is 0 Å². The fourth-order valence-corrected chi connectivity index (χ4v) is 2.73. The molecule has 0 bridgehead atoms. The number of nitro benzene ring substituents is 1. The van der Waals surface area contributed by atoms with E-state index in [0.717, 1.165) is 0 Å². The predicted molar refractivity (Wildman–Crippen MR) is 72.0 cm³/mol. The molecule has 1 atom stereocenters. The Morgan fingerprint density at radius 1 is 1.56 bits per heavy atom. The maximum absolute atomic E-state index is 11.9. The van der Waals surface area contributed by atoms with E-state index < -0.39 is 4.92 Å². The standard InChI is InChI=1S/C11H10BrClN2O3/c12-8-2-1-3-9(11(8)15(17)18)14-6-7(5-13)4-10(14)16/h1-3,7H,4-6H2. The van der Waals surface area contributed by atoms with Crippen molar-refractivity contribution in [2.45, 2.75) is 6.42 Å². The first kappa shape index (κ1) is 13.3. The van der Waals surface area contributed by atoms with Crippen LogP contribution in [0.1, 0.15) is 6.42 Å². The fourth-order valence-electron chi connectivity index (χ4n) is 2.02. The lowest BCUT2D eigenvalue weighted by atomic mass is 10.1. The van der Waals surface area contributed by atoms with Crippen molar-refractivity contribution in [3.63, 3.8) is 0 Å². The summed E-state index contributed by atoms with van der Waals surface area (Å²) in [6.45, 7) is 0.430. The van der Waals surface area contributed by atoms with Crippen molar-refractivity contribution in [2.75, 3.05) is 17.3 Å². The van der Waals surface area contributed by atoms with Gasteiger partial charge in [0.05, 0.1) is 9.40 Å². The molecule has 1 aliphatic heterocycles. The summed E-state index contributed by atoms with van der Waals surface area (Å²) < 4.78 is 0.368. The molecule has 7 heteroatoms. The lowest BCUT2D eigenvalue weighted by Crippen LogP contribution is -2.25. The van der Waals surface area contributed by atoms with E-state index in [1.807, 2.05) is 0 Å². The first-order chi connectivity index (χ1) is 8.54. The van der Waals surface area contributed by atoms with Gasteiger partial charge in [0.2, 0.25) is 5.91 Å². The number of rotatable bonds is 3. The first-order valence-corrected chi connectivity index (χ1v) is 6.66. The zero-order chi connectivity index (χ0) is 13.3. The molecule has 0 radical (unpaired) electrons. The molecule has 1 aromatic carbocycles. The molecule has 1 aromatic rings. The van der Waals surface area contributed by atoms with Gasteiger partial charge in [0, 0.05) is 18.8 Å². The number of para-hydroxylation sites is 1. The van der Waals surface area contributed by atoms with Crippen molar-refractivity contribution >= 4 is 44.8 Å². The second-order valence-electron chi connectivity index (χ2n) is 4.09. The zero-order valence-corrected chi connectivity index (χ0v) is 11.6. The molecule has 0 aromatic heterocycles. The summed E-state index contributed by atoms with van der Waals surface area (Å²) in [5.74, 6) is 0.309. The van der Waals surface area contributed by atoms with Gasteiger partial charge in [0.25, 0.3) is 0 Å². The van der Waals surface area contributed by atoms with Crippen LogP contribution >= 0.6 is 27.5 Å². The molecular weight excluding hydrogens is 323 g/mol. The Kier molecular flexibility index (Phi) is 3.87. The number of amides is 1. The number of alkyl halides is 1. The average Bonchev–Trinajstić information content (AvgIpc) is 2.69. The highest BCUT2D eigenvalue weighted by Crippen LogP contribution is 2.37. The van der Waals surface area contributed by atoms with Crippen molar-refractivity contribution in [3.05, 3.63) is 32.8 Å². The SMILES string of the molecule is O=C1CC(CCl)CN1c1cccc(Br)c1[N+](=O)[O-]. The molecular formula is C11H10BrClN2O3. The van der Waals surface area contributed by atoms with Crippen LogP contribution < -0.4 is 4.90 Å². The van der Waals surface area contributed by atoms with Crippen molar-refractivity contribution in [1.29, 1.82) is 0 Å². The number of carbonyl (C=O) groups is 1. The molecule has 2 rings (SSSR count). The number of anilines is 1. The lowest BCUT2D eigenvalue weighted by molar-refractivity contribution is -0.384. The smallest absolute Gasteiger partial charge is 0.306 e. The van der Waals surface area contributed by atoms with Crippen LogP contribution in [-0.4, -0.2) is 23.3 Å². The summed E-state index contributed by atoms with van der Waals surface area (Å²) in [4.78, 5) is 23.9. The maximum Gasteiger partial charge on any atom is 0.307 e. The van der Waals surface area contributed by atoms with Crippen LogP contribution in [0.5, 0.6) is 0 Å². The molecule has 96 valence electrons. The Labute approximate surface area is 117 Å². The minimum absolute atomic E-state index is 0.0535. The third kappa shape index (κ3) is 2.35. The van der Waals surface area contributed by atoms with Crippen molar-refractivity contribution < 1.29 is 9.72 Å². The summed E-state index contributed by atoms with van der Waals surface area (Å²) in [5.41, 5.74) is 0.244. The zero-order valence-electron chi connectivity index (χ0n) is 9.31. The molecule has 18 heavy (non-hydrogen) atoms. The molecule has 0 spiro atoms. The average molecular weight is 334 g/mol. The van der Waals surface area contributed by atoms with E-state index in [4.69, 9.17) is 11.6 Å². The van der Waals surface area contributed by atoms with Crippen LogP contribution in [0, 0.1) is 16.0 Å². The topological polar surface area (TPSA) is 63.5 Å². The third-order valence-electron chi connectivity index (χ3n) is 2.86. The Morgan fingerprint density at radius 3 is 2.83 bits per heavy atom. The van der Waals surface area contributed by atoms with Gasteiger partial charge in [-0.1, -0.05) is 6.07 Å². The second kappa shape index (κ2) is 5.24. The number of carbonyl (C=O) groups excluding carboxylic acids is 1. The van der Waals surface area contributed by atoms with E-state index >= 15 is 0 Å². The molecule has 1 unspecified atom stereocenters. The molecule has 1 amide bonds. The maximum atomic E-state index is 11.9. The molecule has 0 N–H and O–H groups in total. The fraction of sp³-hybridized carbons (Fsp3) is 0.364. The van der Waals surface area contributed by atoms with Gasteiger partial charge < -0.3 is 4.90 Å². The number of halogens is 2. The van der Waals surface area contributed by atoms with Crippen LogP contribution in [0.25, 0.3) is 0 Å². The van der Waals surface area contributed by atoms with E-state index in [0.29, 0.717) is 29.0 Å². The van der Waals surface area contributed by atoms with Gasteiger partial charge in [0.1, 0.15) is 5.69 Å². The summed E-state index contributed by atoms with van der Waals surface area (Å²) in [5, 5.41) is 11.1. The normalized spacial score (nSPS) is 19.3. The minimum atomic E-state index is -0.485. The molecule has 1 aliphatic rings. The van der Waals surface area contributed by atoms with Crippen molar-refractivity contribution in [1.82, 2.24) is 0 Å². The van der Waals surface area contributed by atoms with Gasteiger partial charge in [-0.3, -0.25) is 14.9 Å². The first-order valence-electron chi connectivity index (χ1n) is 5.33. The summed E-state index contributed by atoms with van der Waals surface area (Å²) in [6, 6.07) is 4.84. The largest absolute Gasteiger partial charge is 0.307 e.